The molecule has 5 heterocycles. The number of phenols is 1. The Bertz CT molecular complexity index is 1130. The maximum Gasteiger partial charge on any atom is 0.266 e. The molecule has 3 aliphatic rings. The average molecular weight is 431 g/mol. The third kappa shape index (κ3) is 3.60. The third-order valence-corrected chi connectivity index (χ3v) is 5.79. The van der Waals surface area contributed by atoms with E-state index >= 15 is 0 Å². The molecule has 2 N–H and O–H groups in total. The van der Waals surface area contributed by atoms with Gasteiger partial charge >= 0.3 is 0 Å². The minimum Gasteiger partial charge on any atom is -0.508 e. The first-order valence-corrected chi connectivity index (χ1v) is 9.98. The highest BCUT2D eigenvalue weighted by Gasteiger charge is 2.38. The van der Waals surface area contributed by atoms with Gasteiger partial charge in [-0.2, -0.15) is 5.10 Å². The molecule has 3 aliphatic heterocycles. The van der Waals surface area contributed by atoms with Gasteiger partial charge in [-0.05, 0) is 25.1 Å². The van der Waals surface area contributed by atoms with Gasteiger partial charge in [0.1, 0.15) is 11.6 Å². The first kappa shape index (κ1) is 19.8. The normalized spacial score (nSPS) is 21.3. The molecule has 3 saturated heterocycles. The van der Waals surface area contributed by atoms with Crippen LogP contribution in [-0.4, -0.2) is 45.6 Å². The summed E-state index contributed by atoms with van der Waals surface area (Å²) in [6.45, 7) is 3.19. The number of ether oxygens (including phenoxy) is 1. The van der Waals surface area contributed by atoms with Crippen LogP contribution in [0.3, 0.4) is 0 Å². The van der Waals surface area contributed by atoms with E-state index in [1.54, 1.807) is 13.1 Å². The molecule has 0 spiro atoms. The first-order chi connectivity index (χ1) is 14.9. The average Bonchev–Trinajstić information content (AvgIpc) is 2.74. The van der Waals surface area contributed by atoms with Gasteiger partial charge in [0.2, 0.25) is 0 Å². The highest BCUT2D eigenvalue weighted by Crippen LogP contribution is 2.35. The lowest BCUT2D eigenvalue weighted by Crippen LogP contribution is -2.57. The number of hydrogen-bond donors (Lipinski definition) is 2. The lowest BCUT2D eigenvalue weighted by atomic mass is 9.98. The van der Waals surface area contributed by atoms with Crippen LogP contribution in [-0.2, 0) is 4.74 Å². The number of anilines is 2. The van der Waals surface area contributed by atoms with Crippen LogP contribution in [0.4, 0.5) is 24.5 Å². The Kier molecular flexibility index (Phi) is 4.81. The van der Waals surface area contributed by atoms with Crippen molar-refractivity contribution in [3.05, 3.63) is 47.5 Å². The van der Waals surface area contributed by atoms with E-state index in [-0.39, 0.29) is 17.8 Å². The summed E-state index contributed by atoms with van der Waals surface area (Å²) in [5.74, 6) is -1.47. The summed E-state index contributed by atoms with van der Waals surface area (Å²) in [6, 6.07) is 3.08. The maximum absolute atomic E-state index is 14.6. The van der Waals surface area contributed by atoms with Crippen molar-refractivity contribution in [2.24, 2.45) is 0 Å². The molecule has 0 saturated carbocycles. The lowest BCUT2D eigenvalue weighted by molar-refractivity contribution is -0.133. The fraction of sp³-hybridized carbons (Fsp3) is 0.381. The molecule has 2 unspecified atom stereocenters. The number of alkyl halides is 2. The summed E-state index contributed by atoms with van der Waals surface area (Å²) < 4.78 is 46.6. The third-order valence-electron chi connectivity index (χ3n) is 5.79. The molecular formula is C21H20F3N5O2. The number of piperidine rings is 1. The van der Waals surface area contributed by atoms with Crippen molar-refractivity contribution in [1.29, 1.82) is 0 Å². The molecule has 0 amide bonds. The van der Waals surface area contributed by atoms with E-state index in [1.807, 2.05) is 6.07 Å². The predicted octanol–water partition coefficient (Wildman–Crippen LogP) is 3.96. The number of nitrogens with zero attached hydrogens (tertiary/aromatic N) is 4. The summed E-state index contributed by atoms with van der Waals surface area (Å²) in [4.78, 5) is 6.60. The fourth-order valence-corrected chi connectivity index (χ4v) is 4.23. The van der Waals surface area contributed by atoms with E-state index in [9.17, 15) is 18.3 Å². The van der Waals surface area contributed by atoms with E-state index in [0.29, 0.717) is 16.7 Å². The molecular weight excluding hydrogens is 411 g/mol. The summed E-state index contributed by atoms with van der Waals surface area (Å²) in [5, 5.41) is 21.5. The number of halogens is 3. The number of rotatable bonds is 5. The standard InChI is InChI=1S/C21H20F3N5O2/c1-10(15-3-12(30)4-17(19(15)22)20(23)24)27-18-7-26-28-21-16(18)2-11(6-25-21)29-8-13-5-14(9-29)31-13/h2-4,6-7,10,13-14,20,30H,5,8-9H2,1H3,(H,25,27,28)/t10-,13?,14?/m1/s1. The van der Waals surface area contributed by atoms with Gasteiger partial charge < -0.3 is 20.1 Å². The highest BCUT2D eigenvalue weighted by atomic mass is 19.3. The molecule has 1 aromatic carbocycles. The van der Waals surface area contributed by atoms with Crippen LogP contribution in [0.1, 0.15) is 36.9 Å². The first-order valence-electron chi connectivity index (χ1n) is 9.98. The second kappa shape index (κ2) is 7.52. The largest absolute Gasteiger partial charge is 0.508 e. The number of pyridine rings is 1. The summed E-state index contributed by atoms with van der Waals surface area (Å²) >= 11 is 0. The Morgan fingerprint density at radius 1 is 1.16 bits per heavy atom. The van der Waals surface area contributed by atoms with Gasteiger partial charge in [0, 0.05) is 30.5 Å². The van der Waals surface area contributed by atoms with Gasteiger partial charge in [-0.25, -0.2) is 18.2 Å². The minimum absolute atomic E-state index is 0.0716. The van der Waals surface area contributed by atoms with Gasteiger partial charge in [-0.3, -0.25) is 0 Å². The number of morpholine rings is 1. The van der Waals surface area contributed by atoms with Crippen molar-refractivity contribution in [2.75, 3.05) is 23.3 Å². The monoisotopic (exact) mass is 431 g/mol. The molecule has 3 atom stereocenters. The van der Waals surface area contributed by atoms with Crippen molar-refractivity contribution in [1.82, 2.24) is 15.2 Å². The number of hydrogen-bond acceptors (Lipinski definition) is 7. The van der Waals surface area contributed by atoms with Crippen molar-refractivity contribution in [3.8, 4) is 5.75 Å². The molecule has 0 aliphatic carbocycles. The van der Waals surface area contributed by atoms with E-state index in [2.05, 4.69) is 25.4 Å². The van der Waals surface area contributed by atoms with Crippen LogP contribution < -0.4 is 10.2 Å². The van der Waals surface area contributed by atoms with Crippen LogP contribution >= 0.6 is 0 Å². The molecule has 10 heteroatoms. The van der Waals surface area contributed by atoms with Crippen LogP contribution in [0.15, 0.2) is 30.6 Å². The predicted molar refractivity (Wildman–Crippen MR) is 108 cm³/mol. The van der Waals surface area contributed by atoms with Crippen LogP contribution in [0.5, 0.6) is 5.75 Å². The Hall–Kier alpha value is -3.14. The van der Waals surface area contributed by atoms with E-state index in [4.69, 9.17) is 4.74 Å². The molecule has 6 rings (SSSR count). The van der Waals surface area contributed by atoms with E-state index in [0.717, 1.165) is 37.3 Å². The topological polar surface area (TPSA) is 83.4 Å². The Labute approximate surface area is 175 Å². The molecule has 3 aromatic rings. The number of aromatic nitrogens is 3. The second-order valence-electron chi connectivity index (χ2n) is 7.95. The Morgan fingerprint density at radius 2 is 1.87 bits per heavy atom. The number of aromatic hydroxyl groups is 1. The zero-order valence-corrected chi connectivity index (χ0v) is 16.6. The summed E-state index contributed by atoms with van der Waals surface area (Å²) in [7, 11) is 0. The zero-order chi connectivity index (χ0) is 21.7. The smallest absolute Gasteiger partial charge is 0.266 e. The second-order valence-corrected chi connectivity index (χ2v) is 7.95. The zero-order valence-electron chi connectivity index (χ0n) is 16.6. The van der Waals surface area contributed by atoms with Crippen LogP contribution in [0.2, 0.25) is 0 Å². The number of phenolic OH excluding ortho intramolecular Hbond substituents is 1. The summed E-state index contributed by atoms with van der Waals surface area (Å²) in [5.41, 5.74) is 0.946. The van der Waals surface area contributed by atoms with Crippen molar-refractivity contribution >= 4 is 22.4 Å². The van der Waals surface area contributed by atoms with E-state index < -0.39 is 29.6 Å². The molecule has 7 nitrogen and oxygen atoms in total. The number of nitrogens with one attached hydrogen (secondary N) is 1. The minimum atomic E-state index is -3.03. The van der Waals surface area contributed by atoms with Gasteiger partial charge in [0.05, 0.1) is 47.6 Å². The quantitative estimate of drug-likeness (QED) is 0.633. The van der Waals surface area contributed by atoms with Crippen LogP contribution in [0.25, 0.3) is 11.0 Å². The van der Waals surface area contributed by atoms with Gasteiger partial charge in [-0.15, -0.1) is 5.10 Å². The number of fused-ring (bicyclic) bond motifs is 3. The molecule has 2 aromatic heterocycles. The van der Waals surface area contributed by atoms with Gasteiger partial charge in [0.15, 0.2) is 5.65 Å². The fourth-order valence-electron chi connectivity index (χ4n) is 4.23. The lowest BCUT2D eigenvalue weighted by Gasteiger charge is -2.47. The SMILES string of the molecule is C[C@@H](Nc1cnnc2ncc(N3CC4CC(C3)O4)cc12)c1cc(O)cc(C(F)F)c1F. The Morgan fingerprint density at radius 3 is 2.58 bits per heavy atom. The highest BCUT2D eigenvalue weighted by molar-refractivity contribution is 5.90. The van der Waals surface area contributed by atoms with Gasteiger partial charge in [0.25, 0.3) is 6.43 Å². The molecule has 3 fully saturated rings. The van der Waals surface area contributed by atoms with Crippen LogP contribution in [0, 0.1) is 5.82 Å². The molecule has 0 radical (unpaired) electrons. The van der Waals surface area contributed by atoms with Gasteiger partial charge in [-0.1, -0.05) is 0 Å². The summed E-state index contributed by atoms with van der Waals surface area (Å²) in [6.07, 6.45) is 1.73. The van der Waals surface area contributed by atoms with Crippen molar-refractivity contribution in [2.45, 2.75) is 38.0 Å². The van der Waals surface area contributed by atoms with Crippen molar-refractivity contribution < 1.29 is 23.0 Å². The number of benzene rings is 1. The maximum atomic E-state index is 14.6. The molecule has 162 valence electrons. The Balaban J connectivity index is 1.47. The molecule has 2 bridgehead atoms. The van der Waals surface area contributed by atoms with E-state index in [1.165, 1.54) is 6.20 Å². The van der Waals surface area contributed by atoms with Crippen molar-refractivity contribution in [3.63, 3.8) is 0 Å². The molecule has 31 heavy (non-hydrogen) atoms.